The van der Waals surface area contributed by atoms with Gasteiger partial charge in [0.25, 0.3) is 0 Å². The van der Waals surface area contributed by atoms with Crippen molar-refractivity contribution in [3.05, 3.63) is 40.7 Å². The van der Waals surface area contributed by atoms with Crippen molar-refractivity contribution in [2.75, 3.05) is 0 Å². The fourth-order valence-electron chi connectivity index (χ4n) is 1.86. The Morgan fingerprint density at radius 3 is 3.06 bits per heavy atom. The van der Waals surface area contributed by atoms with Gasteiger partial charge in [0, 0.05) is 12.6 Å². The van der Waals surface area contributed by atoms with Gasteiger partial charge in [0.15, 0.2) is 0 Å². The first-order valence-corrected chi connectivity index (χ1v) is 6.55. The number of hydrogen-bond donors (Lipinski definition) is 1. The molecule has 1 aliphatic carbocycles. The van der Waals surface area contributed by atoms with Crippen molar-refractivity contribution in [3.8, 4) is 11.5 Å². The lowest BCUT2D eigenvalue weighted by molar-refractivity contribution is 0.570. The maximum Gasteiger partial charge on any atom is 0.227 e. The Hall–Kier alpha value is -1.32. The summed E-state index contributed by atoms with van der Waals surface area (Å²) in [6.07, 6.45) is 4.24. The summed E-state index contributed by atoms with van der Waals surface area (Å²) in [5.41, 5.74) is 2.81. The maximum absolute atomic E-state index is 6.26. The summed E-state index contributed by atoms with van der Waals surface area (Å²) >= 11 is 6.26. The Balaban J connectivity index is 1.80. The number of oxazole rings is 1. The fourth-order valence-corrected chi connectivity index (χ4v) is 2.07. The van der Waals surface area contributed by atoms with E-state index in [0.717, 1.165) is 23.4 Å². The van der Waals surface area contributed by atoms with Crippen LogP contribution in [0.1, 0.15) is 24.1 Å². The highest BCUT2D eigenvalue weighted by atomic mass is 35.5. The average Bonchev–Trinajstić information content (AvgIpc) is 3.08. The third-order valence-corrected chi connectivity index (χ3v) is 3.62. The summed E-state index contributed by atoms with van der Waals surface area (Å²) in [6, 6.07) is 6.54. The molecule has 0 radical (unpaired) electrons. The van der Waals surface area contributed by atoms with Gasteiger partial charge in [-0.05, 0) is 31.4 Å². The predicted octanol–water partition coefficient (Wildman–Crippen LogP) is 3.56. The van der Waals surface area contributed by atoms with Crippen LogP contribution in [0.5, 0.6) is 0 Å². The van der Waals surface area contributed by atoms with Crippen LogP contribution in [-0.2, 0) is 6.54 Å². The summed E-state index contributed by atoms with van der Waals surface area (Å²) in [7, 11) is 0. The van der Waals surface area contributed by atoms with Crippen LogP contribution in [0.4, 0.5) is 0 Å². The number of aryl methyl sites for hydroxylation is 1. The Kier molecular flexibility index (Phi) is 3.10. The molecule has 1 fully saturated rings. The number of nitrogens with zero attached hydrogens (tertiary/aromatic N) is 1. The second-order valence-corrected chi connectivity index (χ2v) is 5.11. The van der Waals surface area contributed by atoms with E-state index in [1.54, 1.807) is 6.26 Å². The summed E-state index contributed by atoms with van der Waals surface area (Å²) in [5, 5.41) is 4.12. The molecule has 18 heavy (non-hydrogen) atoms. The molecule has 3 nitrogen and oxygen atoms in total. The number of hydrogen-bond acceptors (Lipinski definition) is 3. The van der Waals surface area contributed by atoms with E-state index in [2.05, 4.69) is 10.3 Å². The monoisotopic (exact) mass is 262 g/mol. The molecule has 0 amide bonds. The van der Waals surface area contributed by atoms with Crippen molar-refractivity contribution in [1.82, 2.24) is 10.3 Å². The molecule has 1 N–H and O–H groups in total. The Morgan fingerprint density at radius 1 is 1.44 bits per heavy atom. The second-order valence-electron chi connectivity index (χ2n) is 4.74. The molecule has 3 rings (SSSR count). The van der Waals surface area contributed by atoms with Gasteiger partial charge in [0.1, 0.15) is 6.26 Å². The quantitative estimate of drug-likeness (QED) is 0.916. The molecule has 0 aliphatic heterocycles. The first kappa shape index (κ1) is 11.8. The third kappa shape index (κ3) is 2.42. The molecule has 1 aromatic heterocycles. The summed E-state index contributed by atoms with van der Waals surface area (Å²) in [5.74, 6) is 0.594. The first-order valence-electron chi connectivity index (χ1n) is 6.17. The summed E-state index contributed by atoms with van der Waals surface area (Å²) in [4.78, 5) is 4.47. The van der Waals surface area contributed by atoms with E-state index in [9.17, 15) is 0 Å². The number of benzene rings is 1. The van der Waals surface area contributed by atoms with Crippen LogP contribution < -0.4 is 5.32 Å². The molecule has 1 heterocycles. The van der Waals surface area contributed by atoms with E-state index in [-0.39, 0.29) is 0 Å². The lowest BCUT2D eigenvalue weighted by Crippen LogP contribution is -2.15. The minimum Gasteiger partial charge on any atom is -0.444 e. The van der Waals surface area contributed by atoms with Gasteiger partial charge >= 0.3 is 0 Å². The van der Waals surface area contributed by atoms with Crippen molar-refractivity contribution in [3.63, 3.8) is 0 Å². The van der Waals surface area contributed by atoms with Crippen molar-refractivity contribution in [2.24, 2.45) is 0 Å². The average molecular weight is 263 g/mol. The second kappa shape index (κ2) is 4.75. The van der Waals surface area contributed by atoms with E-state index < -0.39 is 0 Å². The van der Waals surface area contributed by atoms with E-state index in [1.807, 2.05) is 25.1 Å². The van der Waals surface area contributed by atoms with Crippen molar-refractivity contribution in [2.45, 2.75) is 32.4 Å². The molecule has 4 heteroatoms. The molecule has 1 aliphatic rings. The van der Waals surface area contributed by atoms with Crippen molar-refractivity contribution < 1.29 is 4.42 Å². The maximum atomic E-state index is 6.26. The molecular formula is C14H15ClN2O. The van der Waals surface area contributed by atoms with Crippen LogP contribution in [0.3, 0.4) is 0 Å². The van der Waals surface area contributed by atoms with Crippen molar-refractivity contribution >= 4 is 11.6 Å². The molecule has 0 saturated heterocycles. The standard InChI is InChI=1S/C14H15ClN2O/c1-9-3-2-4-12(13(9)15)14-17-11(8-18-14)7-16-10-5-6-10/h2-4,8,10,16H,5-7H2,1H3. The molecule has 0 atom stereocenters. The van der Waals surface area contributed by atoms with Crippen LogP contribution in [0.15, 0.2) is 28.9 Å². The van der Waals surface area contributed by atoms with Gasteiger partial charge in [-0.1, -0.05) is 23.7 Å². The van der Waals surface area contributed by atoms with Gasteiger partial charge in [-0.2, -0.15) is 0 Å². The molecule has 1 saturated carbocycles. The van der Waals surface area contributed by atoms with Gasteiger partial charge in [0.2, 0.25) is 5.89 Å². The Bertz CT molecular complexity index is 561. The zero-order valence-corrected chi connectivity index (χ0v) is 11.0. The van der Waals surface area contributed by atoms with E-state index in [4.69, 9.17) is 16.0 Å². The highest BCUT2D eigenvalue weighted by Crippen LogP contribution is 2.29. The molecular weight excluding hydrogens is 248 g/mol. The minimum absolute atomic E-state index is 0.594. The van der Waals surface area contributed by atoms with Gasteiger partial charge in [0.05, 0.1) is 16.3 Å². The van der Waals surface area contributed by atoms with Gasteiger partial charge in [-0.25, -0.2) is 4.98 Å². The smallest absolute Gasteiger partial charge is 0.227 e. The Labute approximate surface area is 111 Å². The van der Waals surface area contributed by atoms with Crippen LogP contribution in [-0.4, -0.2) is 11.0 Å². The van der Waals surface area contributed by atoms with E-state index in [1.165, 1.54) is 12.8 Å². The number of aromatic nitrogens is 1. The number of rotatable bonds is 4. The van der Waals surface area contributed by atoms with E-state index in [0.29, 0.717) is 17.0 Å². The number of nitrogens with one attached hydrogen (secondary N) is 1. The lowest BCUT2D eigenvalue weighted by Gasteiger charge is -2.02. The normalized spacial score (nSPS) is 15.0. The zero-order valence-electron chi connectivity index (χ0n) is 10.2. The highest BCUT2D eigenvalue weighted by molar-refractivity contribution is 6.33. The van der Waals surface area contributed by atoms with Crippen molar-refractivity contribution in [1.29, 1.82) is 0 Å². The van der Waals surface area contributed by atoms with Gasteiger partial charge in [-0.15, -0.1) is 0 Å². The molecule has 2 aromatic rings. The molecule has 0 unspecified atom stereocenters. The van der Waals surface area contributed by atoms with Crippen LogP contribution in [0.2, 0.25) is 5.02 Å². The fraction of sp³-hybridized carbons (Fsp3) is 0.357. The molecule has 1 aromatic carbocycles. The van der Waals surface area contributed by atoms with Crippen LogP contribution >= 0.6 is 11.6 Å². The highest BCUT2D eigenvalue weighted by Gasteiger charge is 2.20. The zero-order chi connectivity index (χ0) is 12.5. The number of halogens is 1. The van der Waals surface area contributed by atoms with Crippen LogP contribution in [0.25, 0.3) is 11.5 Å². The predicted molar refractivity (Wildman–Crippen MR) is 71.5 cm³/mol. The molecule has 94 valence electrons. The minimum atomic E-state index is 0.594. The summed E-state index contributed by atoms with van der Waals surface area (Å²) in [6.45, 7) is 2.74. The molecule has 0 spiro atoms. The Morgan fingerprint density at radius 2 is 2.28 bits per heavy atom. The molecule has 0 bridgehead atoms. The summed E-state index contributed by atoms with van der Waals surface area (Å²) < 4.78 is 5.50. The van der Waals surface area contributed by atoms with Gasteiger partial charge in [-0.3, -0.25) is 0 Å². The third-order valence-electron chi connectivity index (χ3n) is 3.12. The SMILES string of the molecule is Cc1cccc(-c2nc(CNC3CC3)co2)c1Cl. The van der Waals surface area contributed by atoms with E-state index >= 15 is 0 Å². The van der Waals surface area contributed by atoms with Crippen LogP contribution in [0, 0.1) is 6.92 Å². The topological polar surface area (TPSA) is 38.1 Å². The first-order chi connectivity index (χ1) is 8.74. The largest absolute Gasteiger partial charge is 0.444 e. The van der Waals surface area contributed by atoms with Gasteiger partial charge < -0.3 is 9.73 Å². The lowest BCUT2D eigenvalue weighted by atomic mass is 10.1.